The Kier molecular flexibility index (Phi) is 7.70. The first-order valence-corrected chi connectivity index (χ1v) is 8.63. The van der Waals surface area contributed by atoms with E-state index in [2.05, 4.69) is 6.92 Å². The predicted molar refractivity (Wildman–Crippen MR) is 96.5 cm³/mol. The van der Waals surface area contributed by atoms with Gasteiger partial charge in [-0.3, -0.25) is 4.79 Å². The van der Waals surface area contributed by atoms with Crippen molar-refractivity contribution in [3.8, 4) is 5.75 Å². The normalized spacial score (nSPS) is 11.6. The number of aldehydes is 1. The molecule has 132 valence electrons. The van der Waals surface area contributed by atoms with Crippen LogP contribution in [0.3, 0.4) is 0 Å². The highest BCUT2D eigenvalue weighted by molar-refractivity contribution is 5.94. The number of hydrogen-bond acceptors (Lipinski definition) is 4. The summed E-state index contributed by atoms with van der Waals surface area (Å²) in [6.07, 6.45) is 3.92. The number of esters is 1. The molecule has 0 saturated heterocycles. The van der Waals surface area contributed by atoms with Gasteiger partial charge >= 0.3 is 5.97 Å². The lowest BCUT2D eigenvalue weighted by atomic mass is 10.0. The minimum absolute atomic E-state index is 0.155. The van der Waals surface area contributed by atoms with Crippen molar-refractivity contribution in [2.45, 2.75) is 38.7 Å². The largest absolute Gasteiger partial charge is 0.494 e. The number of hydrogen-bond donors (Lipinski definition) is 0. The molecule has 0 saturated carbocycles. The topological polar surface area (TPSA) is 52.6 Å². The quantitative estimate of drug-likeness (QED) is 0.280. The van der Waals surface area contributed by atoms with Crippen molar-refractivity contribution in [1.82, 2.24) is 0 Å². The van der Waals surface area contributed by atoms with Gasteiger partial charge in [0.15, 0.2) is 0 Å². The summed E-state index contributed by atoms with van der Waals surface area (Å²) in [6, 6.07) is 16.4. The van der Waals surface area contributed by atoms with Gasteiger partial charge in [-0.15, -0.1) is 0 Å². The van der Waals surface area contributed by atoms with Crippen molar-refractivity contribution in [3.05, 3.63) is 65.7 Å². The third-order valence-corrected chi connectivity index (χ3v) is 3.87. The van der Waals surface area contributed by atoms with Crippen LogP contribution < -0.4 is 4.74 Å². The Hall–Kier alpha value is -2.62. The standard InChI is InChI=1S/C21H24O4/c1-2-3-7-14-24-19-12-10-18(11-13-19)20(15-22)21(23)25-16-17-8-5-4-6-9-17/h4-6,8-13,15,20H,2-3,7,14,16H2,1H3. The first-order valence-electron chi connectivity index (χ1n) is 8.63. The third kappa shape index (κ3) is 6.07. The number of benzene rings is 2. The minimum Gasteiger partial charge on any atom is -0.494 e. The molecule has 0 bridgehead atoms. The molecule has 0 fully saturated rings. The van der Waals surface area contributed by atoms with Crippen molar-refractivity contribution in [2.75, 3.05) is 6.61 Å². The Labute approximate surface area is 148 Å². The Bertz CT molecular complexity index is 649. The number of unbranched alkanes of at least 4 members (excludes halogenated alkanes) is 2. The molecule has 25 heavy (non-hydrogen) atoms. The second-order valence-electron chi connectivity index (χ2n) is 5.83. The van der Waals surface area contributed by atoms with Gasteiger partial charge in [-0.1, -0.05) is 62.2 Å². The molecule has 2 rings (SSSR count). The summed E-state index contributed by atoms with van der Waals surface area (Å²) < 4.78 is 10.9. The molecule has 0 N–H and O–H groups in total. The number of carbonyl (C=O) groups excluding carboxylic acids is 2. The number of ether oxygens (including phenoxy) is 2. The van der Waals surface area contributed by atoms with Crippen LogP contribution in [0.2, 0.25) is 0 Å². The van der Waals surface area contributed by atoms with E-state index in [-0.39, 0.29) is 6.61 Å². The van der Waals surface area contributed by atoms with Gasteiger partial charge in [-0.05, 0) is 29.7 Å². The molecule has 4 heteroatoms. The molecule has 1 atom stereocenters. The van der Waals surface area contributed by atoms with Crippen LogP contribution in [0.15, 0.2) is 54.6 Å². The average Bonchev–Trinajstić information content (AvgIpc) is 2.66. The third-order valence-electron chi connectivity index (χ3n) is 3.87. The fourth-order valence-corrected chi connectivity index (χ4v) is 2.40. The molecule has 0 heterocycles. The molecular weight excluding hydrogens is 316 g/mol. The highest BCUT2D eigenvalue weighted by atomic mass is 16.5. The van der Waals surface area contributed by atoms with E-state index < -0.39 is 11.9 Å². The summed E-state index contributed by atoms with van der Waals surface area (Å²) in [5.41, 5.74) is 1.49. The second-order valence-corrected chi connectivity index (χ2v) is 5.83. The average molecular weight is 340 g/mol. The first-order chi connectivity index (χ1) is 12.2. The van der Waals surface area contributed by atoms with Crippen molar-refractivity contribution < 1.29 is 19.1 Å². The summed E-state index contributed by atoms with van der Waals surface area (Å²) >= 11 is 0. The van der Waals surface area contributed by atoms with Crippen LogP contribution in [0, 0.1) is 0 Å². The van der Waals surface area contributed by atoms with Crippen LogP contribution in [-0.2, 0) is 20.9 Å². The molecule has 0 aromatic heterocycles. The molecule has 0 aliphatic rings. The summed E-state index contributed by atoms with van der Waals surface area (Å²) in [5, 5.41) is 0. The zero-order valence-electron chi connectivity index (χ0n) is 14.5. The van der Waals surface area contributed by atoms with Crippen LogP contribution in [0.1, 0.15) is 43.2 Å². The van der Waals surface area contributed by atoms with Gasteiger partial charge in [0.2, 0.25) is 0 Å². The van der Waals surface area contributed by atoms with E-state index in [1.54, 1.807) is 24.3 Å². The Balaban J connectivity index is 1.90. The van der Waals surface area contributed by atoms with Gasteiger partial charge in [-0.25, -0.2) is 0 Å². The second kappa shape index (κ2) is 10.3. The Morgan fingerprint density at radius 2 is 1.76 bits per heavy atom. The lowest BCUT2D eigenvalue weighted by Gasteiger charge is -2.12. The van der Waals surface area contributed by atoms with Gasteiger partial charge in [0.05, 0.1) is 6.61 Å². The van der Waals surface area contributed by atoms with Gasteiger partial charge in [0.25, 0.3) is 0 Å². The molecule has 0 amide bonds. The van der Waals surface area contributed by atoms with Crippen molar-refractivity contribution in [1.29, 1.82) is 0 Å². The van der Waals surface area contributed by atoms with Crippen LogP contribution in [0.25, 0.3) is 0 Å². The zero-order chi connectivity index (χ0) is 17.9. The monoisotopic (exact) mass is 340 g/mol. The van der Waals surface area contributed by atoms with E-state index in [1.807, 2.05) is 30.3 Å². The first kappa shape index (κ1) is 18.7. The van der Waals surface area contributed by atoms with Crippen LogP contribution in [0.5, 0.6) is 5.75 Å². The number of carbonyl (C=O) groups is 2. The Morgan fingerprint density at radius 3 is 2.40 bits per heavy atom. The molecule has 0 radical (unpaired) electrons. The van der Waals surface area contributed by atoms with E-state index in [1.165, 1.54) is 0 Å². The number of rotatable bonds is 10. The van der Waals surface area contributed by atoms with Crippen LogP contribution >= 0.6 is 0 Å². The molecule has 1 unspecified atom stereocenters. The van der Waals surface area contributed by atoms with Crippen LogP contribution in [0.4, 0.5) is 0 Å². The highest BCUT2D eigenvalue weighted by Gasteiger charge is 2.21. The van der Waals surface area contributed by atoms with Crippen molar-refractivity contribution in [3.63, 3.8) is 0 Å². The predicted octanol–water partition coefficient (Wildman–Crippen LogP) is 4.28. The fraction of sp³-hybridized carbons (Fsp3) is 0.333. The maximum Gasteiger partial charge on any atom is 0.321 e. The van der Waals surface area contributed by atoms with Crippen LogP contribution in [-0.4, -0.2) is 18.9 Å². The van der Waals surface area contributed by atoms with E-state index in [4.69, 9.17) is 9.47 Å². The zero-order valence-corrected chi connectivity index (χ0v) is 14.5. The van der Waals surface area contributed by atoms with Gasteiger partial charge in [-0.2, -0.15) is 0 Å². The summed E-state index contributed by atoms with van der Waals surface area (Å²) in [6.45, 7) is 2.97. The van der Waals surface area contributed by atoms with E-state index in [0.717, 1.165) is 30.6 Å². The molecule has 0 spiro atoms. The fourth-order valence-electron chi connectivity index (χ4n) is 2.40. The molecule has 2 aromatic rings. The van der Waals surface area contributed by atoms with E-state index in [9.17, 15) is 9.59 Å². The lowest BCUT2D eigenvalue weighted by molar-refractivity contribution is -0.147. The van der Waals surface area contributed by atoms with Gasteiger partial charge in [0.1, 0.15) is 24.6 Å². The molecule has 0 aliphatic carbocycles. The summed E-state index contributed by atoms with van der Waals surface area (Å²) in [7, 11) is 0. The summed E-state index contributed by atoms with van der Waals surface area (Å²) in [5.74, 6) is -0.726. The summed E-state index contributed by atoms with van der Waals surface area (Å²) in [4.78, 5) is 23.5. The van der Waals surface area contributed by atoms with Gasteiger partial charge in [0, 0.05) is 0 Å². The van der Waals surface area contributed by atoms with E-state index >= 15 is 0 Å². The Morgan fingerprint density at radius 1 is 1.04 bits per heavy atom. The highest BCUT2D eigenvalue weighted by Crippen LogP contribution is 2.20. The maximum atomic E-state index is 12.2. The van der Waals surface area contributed by atoms with Crippen molar-refractivity contribution in [2.24, 2.45) is 0 Å². The van der Waals surface area contributed by atoms with Crippen molar-refractivity contribution >= 4 is 12.3 Å². The van der Waals surface area contributed by atoms with E-state index in [0.29, 0.717) is 18.5 Å². The maximum absolute atomic E-state index is 12.2. The smallest absolute Gasteiger partial charge is 0.321 e. The minimum atomic E-state index is -0.919. The molecule has 4 nitrogen and oxygen atoms in total. The molecule has 2 aromatic carbocycles. The molecule has 0 aliphatic heterocycles. The SMILES string of the molecule is CCCCCOc1ccc(C(C=O)C(=O)OCc2ccccc2)cc1. The lowest BCUT2D eigenvalue weighted by Crippen LogP contribution is -2.17. The molecular formula is C21H24O4. The van der Waals surface area contributed by atoms with Gasteiger partial charge < -0.3 is 14.3 Å².